The van der Waals surface area contributed by atoms with Crippen LogP contribution in [0.25, 0.3) is 11.4 Å². The van der Waals surface area contributed by atoms with Crippen LogP contribution >= 0.6 is 11.6 Å². The molecule has 0 radical (unpaired) electrons. The molecule has 246 valence electrons. The third-order valence-corrected chi connectivity index (χ3v) is 8.98. The van der Waals surface area contributed by atoms with Gasteiger partial charge in [-0.05, 0) is 63.3 Å². The number of hydrogen-bond donors (Lipinski definition) is 1. The number of ether oxygens (including phenoxy) is 2. The second kappa shape index (κ2) is 12.7. The standard InChI is InChI=1S/C32H39ClFN7O5/c1-5-24-27(39-16-21-8-11-38(17-25(21)39)31(44)46-32(2,3)4)29(43)41-30(36-28(37-41)20-9-12-45-13-10-20)40(24)18-26(42)35-23-7-6-19(15-34)14-22(23)33/h6-7,9,14,21,25H,5,8,10-13,15-18H2,1-4H3,(H,35,42). The van der Waals surface area contributed by atoms with Crippen molar-refractivity contribution in [2.75, 3.05) is 43.1 Å². The highest BCUT2D eigenvalue weighted by atomic mass is 35.5. The van der Waals surface area contributed by atoms with E-state index in [1.54, 1.807) is 21.6 Å². The SMILES string of the molecule is CCc1c(N2CC3CCN(C(=O)OC(C)(C)C)CC32)c(=O)n2nc(C3=CCOCC3)nc2n1CC(=O)Nc1ccc(CF)cc1Cl. The summed E-state index contributed by atoms with van der Waals surface area (Å²) in [4.78, 5) is 49.2. The molecule has 3 aliphatic rings. The van der Waals surface area contributed by atoms with Gasteiger partial charge in [0.05, 0.1) is 35.7 Å². The number of carbonyl (C=O) groups excluding carboxylic acids is 2. The summed E-state index contributed by atoms with van der Waals surface area (Å²) in [5.41, 5.74) is 1.76. The zero-order valence-corrected chi connectivity index (χ0v) is 27.3. The molecule has 2 fully saturated rings. The van der Waals surface area contributed by atoms with Gasteiger partial charge in [-0.15, -0.1) is 5.10 Å². The minimum absolute atomic E-state index is 0.0898. The van der Waals surface area contributed by atoms with Gasteiger partial charge in [0, 0.05) is 25.6 Å². The lowest BCUT2D eigenvalue weighted by Gasteiger charge is -2.54. The Morgan fingerprint density at radius 1 is 1.24 bits per heavy atom. The smallest absolute Gasteiger partial charge is 0.410 e. The van der Waals surface area contributed by atoms with Gasteiger partial charge in [-0.1, -0.05) is 30.7 Å². The maximum Gasteiger partial charge on any atom is 0.410 e. The predicted molar refractivity (Wildman–Crippen MR) is 172 cm³/mol. The van der Waals surface area contributed by atoms with E-state index >= 15 is 0 Å². The average molecular weight is 656 g/mol. The normalized spacial score (nSPS) is 19.8. The third kappa shape index (κ3) is 6.22. The lowest BCUT2D eigenvalue weighted by atomic mass is 9.81. The summed E-state index contributed by atoms with van der Waals surface area (Å²) < 4.78 is 27.2. The maximum absolute atomic E-state index is 14.3. The minimum atomic E-state index is -0.669. The molecule has 5 heterocycles. The van der Waals surface area contributed by atoms with E-state index in [1.807, 2.05) is 38.7 Å². The average Bonchev–Trinajstić information content (AvgIpc) is 3.46. The Hall–Kier alpha value is -3.97. The highest BCUT2D eigenvalue weighted by molar-refractivity contribution is 6.33. The quantitative estimate of drug-likeness (QED) is 0.396. The van der Waals surface area contributed by atoms with Crippen molar-refractivity contribution in [3.63, 3.8) is 0 Å². The molecule has 2 amide bonds. The number of nitrogens with zero attached hydrogens (tertiary/aromatic N) is 6. The summed E-state index contributed by atoms with van der Waals surface area (Å²) in [6.07, 6.45) is 3.36. The van der Waals surface area contributed by atoms with Gasteiger partial charge in [-0.25, -0.2) is 9.18 Å². The number of rotatable bonds is 7. The molecule has 2 atom stereocenters. The van der Waals surface area contributed by atoms with Gasteiger partial charge < -0.3 is 29.2 Å². The summed E-state index contributed by atoms with van der Waals surface area (Å²) in [6, 6.07) is 4.51. The van der Waals surface area contributed by atoms with Crippen molar-refractivity contribution in [3.05, 3.63) is 56.7 Å². The van der Waals surface area contributed by atoms with Gasteiger partial charge in [0.2, 0.25) is 11.7 Å². The van der Waals surface area contributed by atoms with E-state index in [-0.39, 0.29) is 35.0 Å². The Balaban J connectivity index is 1.38. The van der Waals surface area contributed by atoms with E-state index in [4.69, 9.17) is 26.1 Å². The fourth-order valence-corrected chi connectivity index (χ4v) is 6.64. The fourth-order valence-electron chi connectivity index (χ4n) is 6.39. The number of piperidine rings is 1. The van der Waals surface area contributed by atoms with Crippen LogP contribution < -0.4 is 15.8 Å². The van der Waals surface area contributed by atoms with Gasteiger partial charge in [0.15, 0.2) is 5.82 Å². The third-order valence-electron chi connectivity index (χ3n) is 8.67. The van der Waals surface area contributed by atoms with E-state index in [0.717, 1.165) is 12.0 Å². The van der Waals surface area contributed by atoms with E-state index in [2.05, 4.69) is 10.4 Å². The minimum Gasteiger partial charge on any atom is -0.444 e. The molecular weight excluding hydrogens is 617 g/mol. The molecule has 3 aromatic rings. The lowest BCUT2D eigenvalue weighted by Crippen LogP contribution is -2.66. The van der Waals surface area contributed by atoms with Crippen molar-refractivity contribution in [1.82, 2.24) is 24.1 Å². The molecule has 6 rings (SSSR count). The molecule has 2 aromatic heterocycles. The lowest BCUT2D eigenvalue weighted by molar-refractivity contribution is -0.116. The first-order valence-electron chi connectivity index (χ1n) is 15.7. The highest BCUT2D eigenvalue weighted by Crippen LogP contribution is 2.37. The molecule has 0 spiro atoms. The van der Waals surface area contributed by atoms with Crippen molar-refractivity contribution >= 4 is 46.3 Å². The van der Waals surface area contributed by atoms with Crippen LogP contribution in [0.1, 0.15) is 57.6 Å². The number of benzene rings is 1. The van der Waals surface area contributed by atoms with Gasteiger partial charge in [0.1, 0.15) is 24.5 Å². The van der Waals surface area contributed by atoms with Gasteiger partial charge >= 0.3 is 6.09 Å². The molecule has 0 aliphatic carbocycles. The molecular formula is C32H39ClFN7O5. The van der Waals surface area contributed by atoms with Crippen molar-refractivity contribution in [2.45, 2.75) is 71.8 Å². The Labute approximate surface area is 271 Å². The van der Waals surface area contributed by atoms with Crippen LogP contribution in [-0.2, 0) is 33.9 Å². The molecule has 1 N–H and O–H groups in total. The van der Waals surface area contributed by atoms with Gasteiger partial charge in [0.25, 0.3) is 5.56 Å². The molecule has 0 saturated carbocycles. The maximum atomic E-state index is 14.3. The molecule has 46 heavy (non-hydrogen) atoms. The molecule has 14 heteroatoms. The summed E-state index contributed by atoms with van der Waals surface area (Å²) in [5.74, 6) is 0.571. The first-order valence-corrected chi connectivity index (χ1v) is 16.0. The van der Waals surface area contributed by atoms with Crippen LogP contribution in [0.5, 0.6) is 0 Å². The van der Waals surface area contributed by atoms with Crippen molar-refractivity contribution in [3.8, 4) is 0 Å². The van der Waals surface area contributed by atoms with Crippen LogP contribution in [0.4, 0.5) is 20.6 Å². The number of halogens is 2. The second-order valence-electron chi connectivity index (χ2n) is 12.9. The van der Waals surface area contributed by atoms with Crippen LogP contribution in [0, 0.1) is 5.92 Å². The van der Waals surface area contributed by atoms with E-state index in [0.29, 0.717) is 80.1 Å². The van der Waals surface area contributed by atoms with Crippen LogP contribution in [0.2, 0.25) is 5.02 Å². The first-order chi connectivity index (χ1) is 22.0. The van der Waals surface area contributed by atoms with Gasteiger partial charge in [-0.2, -0.15) is 9.50 Å². The number of aromatic nitrogens is 4. The van der Waals surface area contributed by atoms with E-state index in [1.165, 1.54) is 10.6 Å². The fraction of sp³-hybridized carbons (Fsp3) is 0.531. The number of alkyl halides is 1. The van der Waals surface area contributed by atoms with Crippen molar-refractivity contribution in [1.29, 1.82) is 0 Å². The Kier molecular flexibility index (Phi) is 8.81. The Morgan fingerprint density at radius 3 is 2.72 bits per heavy atom. The first kappa shape index (κ1) is 32.0. The van der Waals surface area contributed by atoms with Gasteiger partial charge in [-0.3, -0.25) is 9.59 Å². The monoisotopic (exact) mass is 655 g/mol. The summed E-state index contributed by atoms with van der Waals surface area (Å²) >= 11 is 6.33. The van der Waals surface area contributed by atoms with Crippen molar-refractivity contribution in [2.24, 2.45) is 5.92 Å². The molecule has 0 bridgehead atoms. The number of nitrogens with one attached hydrogen (secondary N) is 1. The van der Waals surface area contributed by atoms with E-state index in [9.17, 15) is 18.8 Å². The molecule has 2 saturated heterocycles. The topological polar surface area (TPSA) is 123 Å². The number of fused-ring (bicyclic) bond motifs is 2. The molecule has 1 aromatic carbocycles. The largest absolute Gasteiger partial charge is 0.444 e. The zero-order valence-electron chi connectivity index (χ0n) is 26.5. The second-order valence-corrected chi connectivity index (χ2v) is 13.3. The zero-order chi connectivity index (χ0) is 32.7. The Morgan fingerprint density at radius 2 is 2.04 bits per heavy atom. The number of anilines is 2. The Bertz CT molecular complexity index is 1760. The number of amides is 2. The van der Waals surface area contributed by atoms with E-state index < -0.39 is 18.2 Å². The number of hydrogen-bond acceptors (Lipinski definition) is 8. The van der Waals surface area contributed by atoms with Crippen LogP contribution in [0.3, 0.4) is 0 Å². The van der Waals surface area contributed by atoms with Crippen molar-refractivity contribution < 1.29 is 23.5 Å². The number of carbonyl (C=O) groups is 2. The number of likely N-dealkylation sites (tertiary alicyclic amines) is 1. The van der Waals surface area contributed by atoms with Crippen LogP contribution in [0.15, 0.2) is 29.1 Å². The molecule has 3 aliphatic heterocycles. The summed E-state index contributed by atoms with van der Waals surface area (Å²) in [7, 11) is 0. The summed E-state index contributed by atoms with van der Waals surface area (Å²) in [5, 5.41) is 7.68. The summed E-state index contributed by atoms with van der Waals surface area (Å²) in [6.45, 7) is 9.21. The molecule has 12 nitrogen and oxygen atoms in total. The highest BCUT2D eigenvalue weighted by Gasteiger charge is 2.46. The van der Waals surface area contributed by atoms with Crippen LogP contribution in [-0.4, -0.2) is 80.6 Å². The predicted octanol–water partition coefficient (Wildman–Crippen LogP) is 4.46. The molecule has 2 unspecified atom stereocenters.